The summed E-state index contributed by atoms with van der Waals surface area (Å²) in [6.07, 6.45) is 1.36. The number of halogens is 2. The number of rotatable bonds is 9. The van der Waals surface area contributed by atoms with E-state index >= 15 is 0 Å². The monoisotopic (exact) mass is 535 g/mol. The number of thioether (sulfide) groups is 1. The van der Waals surface area contributed by atoms with Gasteiger partial charge in [0.25, 0.3) is 0 Å². The maximum atomic E-state index is 14.3. The quantitative estimate of drug-likeness (QED) is 0.311. The molecule has 2 aromatic carbocycles. The molecule has 0 saturated carbocycles. The van der Waals surface area contributed by atoms with Crippen LogP contribution in [0.4, 0.5) is 0 Å². The van der Waals surface area contributed by atoms with Gasteiger partial charge in [0, 0.05) is 27.8 Å². The van der Waals surface area contributed by atoms with Gasteiger partial charge >= 0.3 is 5.97 Å². The Morgan fingerprint density at radius 3 is 2.40 bits per heavy atom. The molecule has 190 valence electrons. The van der Waals surface area contributed by atoms with E-state index in [0.29, 0.717) is 21.7 Å². The van der Waals surface area contributed by atoms with E-state index in [-0.39, 0.29) is 36.3 Å². The zero-order valence-electron chi connectivity index (χ0n) is 21.1. The van der Waals surface area contributed by atoms with Crippen molar-refractivity contribution >= 4 is 46.8 Å². The van der Waals surface area contributed by atoms with Crippen molar-refractivity contribution in [3.8, 4) is 0 Å². The van der Waals surface area contributed by atoms with Gasteiger partial charge in [-0.05, 0) is 53.5 Å². The van der Waals surface area contributed by atoms with E-state index in [4.69, 9.17) is 27.9 Å². The molecule has 1 fully saturated rings. The Labute approximate surface area is 223 Å². The number of piperidine rings is 1. The third-order valence-corrected chi connectivity index (χ3v) is 8.57. The van der Waals surface area contributed by atoms with Crippen molar-refractivity contribution in [3.05, 3.63) is 69.7 Å². The highest BCUT2D eigenvalue weighted by Gasteiger charge is 2.52. The summed E-state index contributed by atoms with van der Waals surface area (Å²) in [4.78, 5) is 28.8. The van der Waals surface area contributed by atoms with Crippen molar-refractivity contribution in [1.29, 1.82) is 0 Å². The Morgan fingerprint density at radius 2 is 1.83 bits per heavy atom. The van der Waals surface area contributed by atoms with Crippen molar-refractivity contribution in [1.82, 2.24) is 4.90 Å². The van der Waals surface area contributed by atoms with Gasteiger partial charge in [-0.1, -0.05) is 75.2 Å². The van der Waals surface area contributed by atoms with Crippen molar-refractivity contribution in [3.63, 3.8) is 0 Å². The molecule has 1 aliphatic rings. The molecule has 1 aliphatic heterocycles. The summed E-state index contributed by atoms with van der Waals surface area (Å²) in [5, 5.41) is 1.75. The van der Waals surface area contributed by atoms with Crippen molar-refractivity contribution in [2.45, 2.75) is 70.2 Å². The molecule has 4 nitrogen and oxygen atoms in total. The van der Waals surface area contributed by atoms with Crippen molar-refractivity contribution < 1.29 is 14.3 Å². The summed E-state index contributed by atoms with van der Waals surface area (Å²) < 4.78 is 5.00. The summed E-state index contributed by atoms with van der Waals surface area (Å²) in [5.41, 5.74) is 1.19. The summed E-state index contributed by atoms with van der Waals surface area (Å²) in [7, 11) is 1.37. The predicted octanol–water partition coefficient (Wildman–Crippen LogP) is 7.54. The number of likely N-dealkylation sites (tertiary alicyclic amines) is 1. The van der Waals surface area contributed by atoms with Crippen LogP contribution in [0.25, 0.3) is 0 Å². The Bertz CT molecular complexity index is 1030. The predicted molar refractivity (Wildman–Crippen MR) is 146 cm³/mol. The average Bonchev–Trinajstić information content (AvgIpc) is 2.82. The molecule has 4 unspecified atom stereocenters. The van der Waals surface area contributed by atoms with Crippen molar-refractivity contribution in [2.75, 3.05) is 12.9 Å². The molecule has 1 heterocycles. The maximum absolute atomic E-state index is 14.3. The zero-order chi connectivity index (χ0) is 25.8. The molecular formula is C28H35Cl2NO3S. The molecule has 3 rings (SSSR count). The Hall–Kier alpha value is -1.69. The number of methoxy groups -OCH3 is 1. The number of ether oxygens (including phenoxy) is 1. The van der Waals surface area contributed by atoms with Crippen LogP contribution in [0, 0.1) is 5.41 Å². The Morgan fingerprint density at radius 1 is 1.14 bits per heavy atom. The standard InChI is InChI=1S/C28H35Cl2NO3S/c1-6-23(17-35-18(2)3)31-26(19-10-12-21(29)13-11-19)24(20-8-7-9-22(30)14-20)15-28(4,27(31)33)16-25(32)34-5/h7-14,18,23-24,26H,6,15-17H2,1-5H3. The second-order valence-corrected chi connectivity index (χ2v) is 12.3. The topological polar surface area (TPSA) is 46.6 Å². The second-order valence-electron chi connectivity index (χ2n) is 9.83. The van der Waals surface area contributed by atoms with Gasteiger partial charge in [0.1, 0.15) is 0 Å². The fourth-order valence-corrected chi connectivity index (χ4v) is 6.36. The fraction of sp³-hybridized carbons (Fsp3) is 0.500. The number of esters is 1. The van der Waals surface area contributed by atoms with Gasteiger partial charge in [0.05, 0.1) is 25.0 Å². The highest BCUT2D eigenvalue weighted by molar-refractivity contribution is 7.99. The van der Waals surface area contributed by atoms with Crippen LogP contribution in [-0.2, 0) is 14.3 Å². The normalized spacial score (nSPS) is 23.4. The second kappa shape index (κ2) is 12.0. The first-order valence-electron chi connectivity index (χ1n) is 12.1. The van der Waals surface area contributed by atoms with E-state index < -0.39 is 5.41 Å². The molecule has 2 aromatic rings. The summed E-state index contributed by atoms with van der Waals surface area (Å²) in [5.74, 6) is 0.387. The first-order chi connectivity index (χ1) is 16.6. The lowest BCUT2D eigenvalue weighted by atomic mass is 9.67. The van der Waals surface area contributed by atoms with Crippen LogP contribution in [0.3, 0.4) is 0 Å². The molecule has 0 spiro atoms. The van der Waals surface area contributed by atoms with Crippen LogP contribution in [0.15, 0.2) is 48.5 Å². The lowest BCUT2D eigenvalue weighted by molar-refractivity contribution is -0.161. The van der Waals surface area contributed by atoms with Gasteiger partial charge in [-0.25, -0.2) is 0 Å². The summed E-state index contributed by atoms with van der Waals surface area (Å²) in [6.45, 7) is 8.36. The molecule has 0 aliphatic carbocycles. The first kappa shape index (κ1) is 27.9. The van der Waals surface area contributed by atoms with E-state index in [0.717, 1.165) is 23.3 Å². The Kier molecular flexibility index (Phi) is 9.59. The SMILES string of the molecule is CCC(CSC(C)C)N1C(=O)C(C)(CC(=O)OC)CC(c2cccc(Cl)c2)C1c1ccc(Cl)cc1. The molecule has 0 N–H and O–H groups in total. The fourth-order valence-electron chi connectivity index (χ4n) is 5.04. The zero-order valence-corrected chi connectivity index (χ0v) is 23.4. The van der Waals surface area contributed by atoms with Gasteiger partial charge in [-0.2, -0.15) is 11.8 Å². The third-order valence-electron chi connectivity index (χ3n) is 6.84. The highest BCUT2D eigenvalue weighted by Crippen LogP contribution is 2.52. The number of carbonyl (C=O) groups is 2. The lowest BCUT2D eigenvalue weighted by Crippen LogP contribution is -2.56. The molecular weight excluding hydrogens is 501 g/mol. The largest absolute Gasteiger partial charge is 0.469 e. The van der Waals surface area contributed by atoms with Gasteiger partial charge in [-0.15, -0.1) is 0 Å². The van der Waals surface area contributed by atoms with Crippen LogP contribution in [0.5, 0.6) is 0 Å². The van der Waals surface area contributed by atoms with Crippen LogP contribution in [-0.4, -0.2) is 40.9 Å². The summed E-state index contributed by atoms with van der Waals surface area (Å²) >= 11 is 14.5. The molecule has 1 amide bonds. The number of hydrogen-bond acceptors (Lipinski definition) is 4. The third kappa shape index (κ3) is 6.55. The lowest BCUT2D eigenvalue weighted by Gasteiger charge is -2.52. The van der Waals surface area contributed by atoms with E-state index in [2.05, 4.69) is 31.7 Å². The van der Waals surface area contributed by atoms with Crippen LogP contribution >= 0.6 is 35.0 Å². The van der Waals surface area contributed by atoms with Gasteiger partial charge < -0.3 is 9.64 Å². The first-order valence-corrected chi connectivity index (χ1v) is 13.9. The maximum Gasteiger partial charge on any atom is 0.306 e. The Balaban J connectivity index is 2.20. The van der Waals surface area contributed by atoms with E-state index in [1.54, 1.807) is 0 Å². The van der Waals surface area contributed by atoms with Gasteiger partial charge in [0.15, 0.2) is 0 Å². The van der Waals surface area contributed by atoms with Crippen molar-refractivity contribution in [2.24, 2.45) is 5.41 Å². The number of hydrogen-bond donors (Lipinski definition) is 0. The molecule has 0 radical (unpaired) electrons. The smallest absolute Gasteiger partial charge is 0.306 e. The number of benzene rings is 2. The van der Waals surface area contributed by atoms with Crippen LogP contribution in [0.2, 0.25) is 10.0 Å². The van der Waals surface area contributed by atoms with Crippen LogP contribution < -0.4 is 0 Å². The average molecular weight is 537 g/mol. The molecule has 7 heteroatoms. The number of amides is 1. The van der Waals surface area contributed by atoms with Crippen LogP contribution in [0.1, 0.15) is 70.0 Å². The van der Waals surface area contributed by atoms with Gasteiger partial charge in [0.2, 0.25) is 5.91 Å². The van der Waals surface area contributed by atoms with E-state index in [1.165, 1.54) is 7.11 Å². The van der Waals surface area contributed by atoms with E-state index in [9.17, 15) is 9.59 Å². The minimum Gasteiger partial charge on any atom is -0.469 e. The minimum absolute atomic E-state index is 0.00247. The summed E-state index contributed by atoms with van der Waals surface area (Å²) in [6, 6.07) is 15.4. The molecule has 35 heavy (non-hydrogen) atoms. The molecule has 1 saturated heterocycles. The molecule has 4 atom stereocenters. The molecule has 0 aromatic heterocycles. The van der Waals surface area contributed by atoms with E-state index in [1.807, 2.05) is 61.2 Å². The number of carbonyl (C=O) groups excluding carboxylic acids is 2. The molecule has 0 bridgehead atoms. The number of nitrogens with zero attached hydrogens (tertiary/aromatic N) is 1. The van der Waals surface area contributed by atoms with Gasteiger partial charge in [-0.3, -0.25) is 9.59 Å². The minimum atomic E-state index is -0.890. The highest BCUT2D eigenvalue weighted by atomic mass is 35.5.